The van der Waals surface area contributed by atoms with Gasteiger partial charge in [0.25, 0.3) is 0 Å². The number of carbonyl (C=O) groups is 8. The number of phenolic OH excluding ortho intramolecular Hbond substituents is 1. The van der Waals surface area contributed by atoms with E-state index in [-0.39, 0.29) is 12.2 Å². The molecule has 0 aromatic heterocycles. The monoisotopic (exact) mass is 712 g/mol. The number of nitrogens with one attached hydrogen (secondary N) is 5. The Bertz CT molecular complexity index is 1400. The van der Waals surface area contributed by atoms with E-state index >= 15 is 0 Å². The number of hydrogen-bond donors (Lipinski definition) is 13. The lowest BCUT2D eigenvalue weighted by Gasteiger charge is -2.28. The number of nitrogens with two attached hydrogens (primary N) is 3. The number of hydrogen-bond acceptors (Lipinski definition) is 13. The molecule has 1 aromatic rings. The summed E-state index contributed by atoms with van der Waals surface area (Å²) in [4.78, 5) is 99.9. The van der Waals surface area contributed by atoms with Crippen molar-refractivity contribution >= 4 is 47.3 Å². The van der Waals surface area contributed by atoms with Gasteiger partial charge in [-0.25, -0.2) is 4.79 Å². The van der Waals surface area contributed by atoms with E-state index in [1.54, 1.807) is 0 Å². The molecule has 0 spiro atoms. The van der Waals surface area contributed by atoms with Gasteiger partial charge < -0.3 is 69.3 Å². The van der Waals surface area contributed by atoms with Crippen LogP contribution in [0.5, 0.6) is 5.75 Å². The van der Waals surface area contributed by atoms with Crippen LogP contribution in [0, 0.1) is 0 Å². The first kappa shape index (κ1) is 42.6. The Morgan fingerprint density at radius 1 is 0.600 bits per heavy atom. The highest BCUT2D eigenvalue weighted by molar-refractivity contribution is 5.98. The summed E-state index contributed by atoms with van der Waals surface area (Å²) in [5.41, 5.74) is 16.2. The fourth-order valence-electron chi connectivity index (χ4n) is 4.22. The summed E-state index contributed by atoms with van der Waals surface area (Å²) in [6.07, 6.45) is -6.62. The Morgan fingerprint density at radius 2 is 1.00 bits per heavy atom. The van der Waals surface area contributed by atoms with Crippen LogP contribution in [0.1, 0.15) is 39.2 Å². The topological polar surface area (TPSA) is 376 Å². The molecule has 0 fully saturated rings. The maximum atomic E-state index is 13.5. The second-order valence-electron chi connectivity index (χ2n) is 11.5. The molecular weight excluding hydrogens is 668 g/mol. The molecule has 1 aromatic carbocycles. The number of carboxylic acid groups (broad SMARTS) is 1. The second-order valence-corrected chi connectivity index (χ2v) is 11.5. The number of rotatable bonds is 20. The van der Waals surface area contributed by atoms with Gasteiger partial charge in [0.05, 0.1) is 31.2 Å². The van der Waals surface area contributed by atoms with Crippen LogP contribution in [0.25, 0.3) is 0 Å². The third kappa shape index (κ3) is 14.0. The average molecular weight is 713 g/mol. The number of benzene rings is 1. The Kier molecular flexibility index (Phi) is 16.7. The molecule has 7 amide bonds. The van der Waals surface area contributed by atoms with E-state index in [1.807, 2.05) is 5.32 Å². The Labute approximate surface area is 285 Å². The number of carboxylic acids is 1. The zero-order valence-corrected chi connectivity index (χ0v) is 27.4. The quantitative estimate of drug-likeness (QED) is 0.0598. The highest BCUT2D eigenvalue weighted by Gasteiger charge is 2.36. The molecule has 0 saturated heterocycles. The number of aliphatic carboxylic acids is 1. The van der Waals surface area contributed by atoms with Crippen molar-refractivity contribution in [1.29, 1.82) is 0 Å². The minimum atomic E-state index is -1.85. The molecule has 0 aliphatic heterocycles. The molecule has 0 unspecified atom stereocenters. The van der Waals surface area contributed by atoms with E-state index < -0.39 is 115 Å². The fourth-order valence-corrected chi connectivity index (χ4v) is 4.22. The molecular formula is C29H44N8O13. The molecule has 0 bridgehead atoms. The molecule has 21 heteroatoms. The SMILES string of the molecule is C[C@@H](O)[C@H](N)C(=O)N[C@H](C(=O)N[C@@H](CC(N)=O)C(=O)N[C@@H](Cc1ccc(O)cc1)C(=O)N[C@H](C(=O)N[C@@H](CC(N)=O)C(=O)O)[C@@H](C)O)[C@@H](C)O. The van der Waals surface area contributed by atoms with Crippen molar-refractivity contribution in [1.82, 2.24) is 26.6 Å². The average Bonchev–Trinajstić information content (AvgIpc) is 3.00. The van der Waals surface area contributed by atoms with E-state index in [4.69, 9.17) is 17.2 Å². The summed E-state index contributed by atoms with van der Waals surface area (Å²) in [6, 6.07) is -5.12. The van der Waals surface area contributed by atoms with Crippen molar-refractivity contribution in [3.63, 3.8) is 0 Å². The van der Waals surface area contributed by atoms with Gasteiger partial charge in [-0.1, -0.05) is 12.1 Å². The van der Waals surface area contributed by atoms with Gasteiger partial charge in [-0.2, -0.15) is 0 Å². The number of aliphatic hydroxyl groups excluding tert-OH is 3. The summed E-state index contributed by atoms with van der Waals surface area (Å²) in [7, 11) is 0. The number of phenols is 1. The summed E-state index contributed by atoms with van der Waals surface area (Å²) >= 11 is 0. The van der Waals surface area contributed by atoms with Crippen molar-refractivity contribution in [2.24, 2.45) is 17.2 Å². The van der Waals surface area contributed by atoms with Gasteiger partial charge in [-0.3, -0.25) is 33.6 Å². The van der Waals surface area contributed by atoms with Crippen LogP contribution in [0.15, 0.2) is 24.3 Å². The third-order valence-electron chi connectivity index (χ3n) is 7.02. The van der Waals surface area contributed by atoms with E-state index in [1.165, 1.54) is 31.2 Å². The van der Waals surface area contributed by atoms with Crippen LogP contribution < -0.4 is 43.8 Å². The van der Waals surface area contributed by atoms with Crippen LogP contribution in [0.2, 0.25) is 0 Å². The number of primary amides is 2. The lowest BCUT2D eigenvalue weighted by atomic mass is 10.0. The van der Waals surface area contributed by atoms with Crippen LogP contribution in [-0.4, -0.2) is 127 Å². The Morgan fingerprint density at radius 3 is 1.42 bits per heavy atom. The maximum absolute atomic E-state index is 13.5. The molecule has 50 heavy (non-hydrogen) atoms. The Hall–Kier alpha value is -5.38. The molecule has 0 heterocycles. The van der Waals surface area contributed by atoms with E-state index in [2.05, 4.69) is 21.3 Å². The first-order chi connectivity index (χ1) is 23.1. The maximum Gasteiger partial charge on any atom is 0.326 e. The minimum Gasteiger partial charge on any atom is -0.508 e. The molecule has 16 N–H and O–H groups in total. The second kappa shape index (κ2) is 19.6. The van der Waals surface area contributed by atoms with Gasteiger partial charge in [0.1, 0.15) is 42.0 Å². The van der Waals surface area contributed by atoms with E-state index in [0.29, 0.717) is 5.56 Å². The lowest BCUT2D eigenvalue weighted by Crippen LogP contribution is -2.62. The van der Waals surface area contributed by atoms with Crippen molar-refractivity contribution in [2.45, 2.75) is 94.6 Å². The first-order valence-electron chi connectivity index (χ1n) is 15.0. The van der Waals surface area contributed by atoms with Crippen LogP contribution >= 0.6 is 0 Å². The predicted molar refractivity (Wildman–Crippen MR) is 170 cm³/mol. The van der Waals surface area contributed by atoms with Gasteiger partial charge in [0.15, 0.2) is 0 Å². The molecule has 0 radical (unpaired) electrons. The number of aromatic hydroxyl groups is 1. The van der Waals surface area contributed by atoms with E-state index in [0.717, 1.165) is 13.8 Å². The van der Waals surface area contributed by atoms with Gasteiger partial charge in [-0.15, -0.1) is 0 Å². The zero-order valence-electron chi connectivity index (χ0n) is 27.4. The zero-order chi connectivity index (χ0) is 38.5. The number of amides is 7. The smallest absolute Gasteiger partial charge is 0.326 e. The number of carbonyl (C=O) groups excluding carboxylic acids is 7. The molecule has 9 atom stereocenters. The normalized spacial score (nSPS) is 16.4. The minimum absolute atomic E-state index is 0.146. The molecule has 278 valence electrons. The lowest BCUT2D eigenvalue weighted by molar-refractivity contribution is -0.144. The fraction of sp³-hybridized carbons (Fsp3) is 0.517. The summed E-state index contributed by atoms with van der Waals surface area (Å²) in [5, 5.41) is 59.7. The summed E-state index contributed by atoms with van der Waals surface area (Å²) in [6.45, 7) is 3.39. The third-order valence-corrected chi connectivity index (χ3v) is 7.02. The summed E-state index contributed by atoms with van der Waals surface area (Å²) in [5.74, 6) is -9.77. The molecule has 0 aliphatic carbocycles. The highest BCUT2D eigenvalue weighted by Crippen LogP contribution is 2.12. The molecule has 0 saturated carbocycles. The predicted octanol–water partition coefficient (Wildman–Crippen LogP) is -6.34. The van der Waals surface area contributed by atoms with Crippen molar-refractivity contribution in [2.75, 3.05) is 0 Å². The molecule has 0 aliphatic rings. The van der Waals surface area contributed by atoms with Crippen molar-refractivity contribution < 1.29 is 63.9 Å². The van der Waals surface area contributed by atoms with Crippen LogP contribution in [0.4, 0.5) is 0 Å². The molecule has 1 rings (SSSR count). The van der Waals surface area contributed by atoms with Crippen LogP contribution in [-0.2, 0) is 44.8 Å². The van der Waals surface area contributed by atoms with Crippen molar-refractivity contribution in [3.05, 3.63) is 29.8 Å². The molecule has 21 nitrogen and oxygen atoms in total. The summed E-state index contributed by atoms with van der Waals surface area (Å²) < 4.78 is 0. The van der Waals surface area contributed by atoms with E-state index in [9.17, 15) is 63.9 Å². The van der Waals surface area contributed by atoms with Gasteiger partial charge in [0.2, 0.25) is 41.4 Å². The first-order valence-corrected chi connectivity index (χ1v) is 15.0. The standard InChI is InChI=1S/C29H44N8O13/c1-11(38)21(32)26(46)37-23(13(3)40)27(47)34-17(9-19(30)42)24(44)33-16(8-14-4-6-15(41)7-5-14)25(45)36-22(12(2)39)28(48)35-18(29(49)50)10-20(31)43/h4-7,11-13,16-18,21-23,38-41H,8-10,32H2,1-3H3,(H2,30,42)(H2,31,43)(H,33,44)(H,34,47)(H,35,48)(H,36,45)(H,37,46)(H,49,50)/t11-,12-,13-,16+,17+,18+,21+,22+,23+/m1/s1. The Balaban J connectivity index is 3.39. The van der Waals surface area contributed by atoms with Crippen molar-refractivity contribution in [3.8, 4) is 5.75 Å². The van der Waals surface area contributed by atoms with Gasteiger partial charge >= 0.3 is 5.97 Å². The van der Waals surface area contributed by atoms with Gasteiger partial charge in [0, 0.05) is 6.42 Å². The van der Waals surface area contributed by atoms with Crippen LogP contribution in [0.3, 0.4) is 0 Å². The van der Waals surface area contributed by atoms with Gasteiger partial charge in [-0.05, 0) is 38.5 Å². The highest BCUT2D eigenvalue weighted by atomic mass is 16.4. The largest absolute Gasteiger partial charge is 0.508 e. The number of aliphatic hydroxyl groups is 3.